The first-order chi connectivity index (χ1) is 7.35. The minimum atomic E-state index is 0.0896. The van der Waals surface area contributed by atoms with Crippen LogP contribution in [0.25, 0.3) is 10.9 Å². The van der Waals surface area contributed by atoms with Crippen molar-refractivity contribution in [2.24, 2.45) is 0 Å². The molecule has 0 saturated heterocycles. The summed E-state index contributed by atoms with van der Waals surface area (Å²) in [6.45, 7) is 4.63. The maximum Gasteiger partial charge on any atom is 0.212 e. The lowest BCUT2D eigenvalue weighted by atomic mass is 10.1. The van der Waals surface area contributed by atoms with Gasteiger partial charge in [0.1, 0.15) is 0 Å². The summed E-state index contributed by atoms with van der Waals surface area (Å²) in [4.78, 5) is 0. The van der Waals surface area contributed by atoms with E-state index >= 15 is 0 Å². The van der Waals surface area contributed by atoms with Gasteiger partial charge in [-0.2, -0.15) is 4.57 Å². The zero-order chi connectivity index (χ0) is 10.7. The molecule has 1 N–H and O–H groups in total. The Morgan fingerprint density at radius 3 is 2.93 bits per heavy atom. The molecule has 15 heavy (non-hydrogen) atoms. The normalized spacial score (nSPS) is 10.5. The topological polar surface area (TPSA) is 24.1 Å². The minimum absolute atomic E-state index is 0.0896. The number of hydrogen-bond acceptors (Lipinski definition) is 1. The number of fused-ring (bicyclic) bond motifs is 1. The van der Waals surface area contributed by atoms with Crippen molar-refractivity contribution in [1.29, 1.82) is 0 Å². The Labute approximate surface area is 89.1 Å². The maximum atomic E-state index is 9.05. The van der Waals surface area contributed by atoms with E-state index in [4.69, 9.17) is 5.11 Å². The molecule has 2 aromatic rings. The van der Waals surface area contributed by atoms with E-state index < -0.39 is 0 Å². The molecule has 0 aliphatic rings. The molecule has 0 amide bonds. The Balaban J connectivity index is 2.61. The van der Waals surface area contributed by atoms with Gasteiger partial charge in [-0.15, -0.1) is 0 Å². The smallest absolute Gasteiger partial charge is 0.212 e. The second-order valence-electron chi connectivity index (χ2n) is 3.50. The number of rotatable bonds is 3. The quantitative estimate of drug-likeness (QED) is 0.593. The van der Waals surface area contributed by atoms with Crippen LogP contribution in [0.2, 0.25) is 0 Å². The molecule has 1 aromatic heterocycles. The summed E-state index contributed by atoms with van der Waals surface area (Å²) in [6, 6.07) is 10.0. The van der Waals surface area contributed by atoms with Crippen LogP contribution < -0.4 is 4.57 Å². The van der Waals surface area contributed by atoms with Crippen LogP contribution in [0, 0.1) is 0 Å². The number of allylic oxidation sites excluding steroid dienone is 1. The molecule has 76 valence electrons. The number of pyridine rings is 1. The van der Waals surface area contributed by atoms with Crippen molar-refractivity contribution in [2.45, 2.75) is 13.2 Å². The predicted octanol–water partition coefficient (Wildman–Crippen LogP) is 1.81. The predicted molar refractivity (Wildman–Crippen MR) is 60.3 cm³/mol. The van der Waals surface area contributed by atoms with Crippen molar-refractivity contribution in [3.8, 4) is 0 Å². The average molecular weight is 200 g/mol. The number of aliphatic hydroxyl groups is 1. The molecule has 0 aliphatic carbocycles. The van der Waals surface area contributed by atoms with Gasteiger partial charge in [-0.1, -0.05) is 12.6 Å². The Morgan fingerprint density at radius 2 is 2.20 bits per heavy atom. The fourth-order valence-electron chi connectivity index (χ4n) is 1.73. The number of aromatic nitrogens is 1. The van der Waals surface area contributed by atoms with Crippen molar-refractivity contribution in [2.75, 3.05) is 0 Å². The summed E-state index contributed by atoms with van der Waals surface area (Å²) < 4.78 is 2.13. The summed E-state index contributed by atoms with van der Waals surface area (Å²) in [6.07, 6.45) is 3.90. The molecule has 0 radical (unpaired) electrons. The second kappa shape index (κ2) is 4.24. The van der Waals surface area contributed by atoms with Crippen LogP contribution in [0.5, 0.6) is 0 Å². The molecule has 1 heterocycles. The van der Waals surface area contributed by atoms with Crippen LogP contribution in [0.4, 0.5) is 0 Å². The van der Waals surface area contributed by atoms with Crippen molar-refractivity contribution < 1.29 is 9.67 Å². The summed E-state index contributed by atoms with van der Waals surface area (Å²) in [5.74, 6) is 0. The summed E-state index contributed by atoms with van der Waals surface area (Å²) in [7, 11) is 0. The molecule has 0 spiro atoms. The van der Waals surface area contributed by atoms with Gasteiger partial charge >= 0.3 is 0 Å². The van der Waals surface area contributed by atoms with Crippen molar-refractivity contribution in [3.05, 3.63) is 54.7 Å². The molecule has 0 unspecified atom stereocenters. The molecule has 2 nitrogen and oxygen atoms in total. The van der Waals surface area contributed by atoms with Crippen molar-refractivity contribution >= 4 is 10.9 Å². The Bertz CT molecular complexity index is 491. The highest BCUT2D eigenvalue weighted by atomic mass is 16.3. The van der Waals surface area contributed by atoms with Crippen LogP contribution >= 0.6 is 0 Å². The van der Waals surface area contributed by atoms with E-state index in [0.717, 1.165) is 23.0 Å². The number of aliphatic hydroxyl groups excluding tert-OH is 1. The maximum absolute atomic E-state index is 9.05. The van der Waals surface area contributed by atoms with Crippen molar-refractivity contribution in [3.63, 3.8) is 0 Å². The molecule has 0 saturated carbocycles. The van der Waals surface area contributed by atoms with Crippen LogP contribution in [0.1, 0.15) is 5.56 Å². The van der Waals surface area contributed by atoms with Gasteiger partial charge in [0, 0.05) is 17.5 Å². The largest absolute Gasteiger partial charge is 0.392 e. The lowest BCUT2D eigenvalue weighted by molar-refractivity contribution is -0.660. The molecule has 2 rings (SSSR count). The lowest BCUT2D eigenvalue weighted by Crippen LogP contribution is -2.32. The van der Waals surface area contributed by atoms with Gasteiger partial charge in [-0.3, -0.25) is 0 Å². The van der Waals surface area contributed by atoms with E-state index in [1.165, 1.54) is 0 Å². The first-order valence-electron chi connectivity index (χ1n) is 4.98. The van der Waals surface area contributed by atoms with Gasteiger partial charge in [-0.05, 0) is 23.8 Å². The molecule has 1 aromatic carbocycles. The summed E-state index contributed by atoms with van der Waals surface area (Å²) in [5.41, 5.74) is 2.11. The van der Waals surface area contributed by atoms with E-state index in [0.29, 0.717) is 0 Å². The van der Waals surface area contributed by atoms with Gasteiger partial charge in [0.25, 0.3) is 0 Å². The zero-order valence-corrected chi connectivity index (χ0v) is 8.56. The highest BCUT2D eigenvalue weighted by Gasteiger charge is 2.06. The van der Waals surface area contributed by atoms with E-state index in [1.807, 2.05) is 42.6 Å². The lowest BCUT2D eigenvalue weighted by Gasteiger charge is -2.00. The Kier molecular flexibility index (Phi) is 2.79. The first kappa shape index (κ1) is 9.87. The molecule has 0 bridgehead atoms. The van der Waals surface area contributed by atoms with Crippen LogP contribution in [-0.4, -0.2) is 5.11 Å². The fraction of sp³-hybridized carbons (Fsp3) is 0.154. The first-order valence-corrected chi connectivity index (χ1v) is 4.98. The van der Waals surface area contributed by atoms with E-state index in [-0.39, 0.29) is 6.61 Å². The number of nitrogens with zero attached hydrogens (tertiary/aromatic N) is 1. The van der Waals surface area contributed by atoms with Crippen LogP contribution in [0.15, 0.2) is 49.2 Å². The fourth-order valence-corrected chi connectivity index (χ4v) is 1.73. The van der Waals surface area contributed by atoms with Gasteiger partial charge < -0.3 is 5.11 Å². The van der Waals surface area contributed by atoms with Crippen molar-refractivity contribution in [1.82, 2.24) is 0 Å². The second-order valence-corrected chi connectivity index (χ2v) is 3.50. The van der Waals surface area contributed by atoms with Gasteiger partial charge in [0.05, 0.1) is 6.61 Å². The van der Waals surface area contributed by atoms with E-state index in [1.54, 1.807) is 0 Å². The third kappa shape index (κ3) is 1.90. The SMILES string of the molecule is C=CC[n+]1cccc2cc(CO)ccc21. The number of benzene rings is 1. The highest BCUT2D eigenvalue weighted by Crippen LogP contribution is 2.12. The van der Waals surface area contributed by atoms with Crippen LogP contribution in [0.3, 0.4) is 0 Å². The molecule has 0 atom stereocenters. The molecular formula is C13H14NO+. The van der Waals surface area contributed by atoms with E-state index in [9.17, 15) is 0 Å². The Hall–Kier alpha value is -1.67. The zero-order valence-electron chi connectivity index (χ0n) is 8.56. The standard InChI is InChI=1S/C13H14NO/c1-2-7-14-8-3-4-12-9-11(10-15)5-6-13(12)14/h2-6,8-9,15H,1,7,10H2/q+1. The van der Waals surface area contributed by atoms with Gasteiger partial charge in [0.15, 0.2) is 12.7 Å². The molecule has 2 heteroatoms. The highest BCUT2D eigenvalue weighted by molar-refractivity contribution is 5.76. The summed E-state index contributed by atoms with van der Waals surface area (Å²) >= 11 is 0. The minimum Gasteiger partial charge on any atom is -0.392 e. The average Bonchev–Trinajstić information content (AvgIpc) is 2.29. The van der Waals surface area contributed by atoms with E-state index in [2.05, 4.69) is 11.1 Å². The monoisotopic (exact) mass is 200 g/mol. The number of hydrogen-bond donors (Lipinski definition) is 1. The molecule has 0 fully saturated rings. The molecular weight excluding hydrogens is 186 g/mol. The summed E-state index contributed by atoms with van der Waals surface area (Å²) in [5, 5.41) is 10.2. The van der Waals surface area contributed by atoms with Gasteiger partial charge in [-0.25, -0.2) is 0 Å². The Morgan fingerprint density at radius 1 is 1.33 bits per heavy atom. The molecule has 0 aliphatic heterocycles. The third-order valence-corrected chi connectivity index (χ3v) is 2.45. The van der Waals surface area contributed by atoms with Crippen LogP contribution in [-0.2, 0) is 13.2 Å². The third-order valence-electron chi connectivity index (χ3n) is 2.45. The van der Waals surface area contributed by atoms with Gasteiger partial charge in [0.2, 0.25) is 5.52 Å².